The normalized spacial score (nSPS) is 11.8. The molecule has 114 valence electrons. The minimum Gasteiger partial charge on any atom is -0.369 e. The molecule has 0 fully saturated rings. The predicted molar refractivity (Wildman–Crippen MR) is 80.7 cm³/mol. The Kier molecular flexibility index (Phi) is 4.81. The first-order chi connectivity index (χ1) is 9.95. The van der Waals surface area contributed by atoms with Gasteiger partial charge in [0.05, 0.1) is 11.2 Å². The molecule has 0 aliphatic rings. The maximum absolute atomic E-state index is 12.5. The summed E-state index contributed by atoms with van der Waals surface area (Å²) in [7, 11) is -2.16. The first kappa shape index (κ1) is 15.7. The molecule has 21 heavy (non-hydrogen) atoms. The molecule has 2 aromatic heterocycles. The van der Waals surface area contributed by atoms with E-state index in [2.05, 4.69) is 20.5 Å². The Morgan fingerprint density at radius 3 is 2.76 bits per heavy atom. The Morgan fingerprint density at radius 2 is 2.19 bits per heavy atom. The highest BCUT2D eigenvalue weighted by Crippen LogP contribution is 2.24. The summed E-state index contributed by atoms with van der Waals surface area (Å²) in [6.45, 7) is 2.77. The lowest BCUT2D eigenvalue weighted by Gasteiger charge is -2.16. The van der Waals surface area contributed by atoms with E-state index >= 15 is 0 Å². The predicted octanol–water partition coefficient (Wildman–Crippen LogP) is 1.71. The monoisotopic (exact) mass is 329 g/mol. The van der Waals surface area contributed by atoms with Gasteiger partial charge in [-0.15, -0.1) is 0 Å². The fourth-order valence-electron chi connectivity index (χ4n) is 1.75. The van der Waals surface area contributed by atoms with Gasteiger partial charge in [0.25, 0.3) is 0 Å². The average Bonchev–Trinajstić information content (AvgIpc) is 2.94. The molecule has 0 amide bonds. The molecule has 2 rings (SSSR count). The van der Waals surface area contributed by atoms with E-state index in [1.165, 1.54) is 23.6 Å². The van der Waals surface area contributed by atoms with Gasteiger partial charge in [0.1, 0.15) is 10.7 Å². The Hall–Kier alpha value is -1.64. The van der Waals surface area contributed by atoms with Gasteiger partial charge < -0.3 is 5.32 Å². The van der Waals surface area contributed by atoms with Gasteiger partial charge in [0.15, 0.2) is 0 Å². The largest absolute Gasteiger partial charge is 0.369 e. The van der Waals surface area contributed by atoms with E-state index in [-0.39, 0.29) is 16.5 Å². The van der Waals surface area contributed by atoms with Crippen LogP contribution in [-0.4, -0.2) is 41.5 Å². The number of hydrogen-bond donors (Lipinski definition) is 2. The van der Waals surface area contributed by atoms with Gasteiger partial charge in [-0.3, -0.25) is 5.10 Å². The third-order valence-corrected chi connectivity index (χ3v) is 4.89. The molecular weight excluding hydrogens is 314 g/mol. The van der Waals surface area contributed by atoms with Crippen molar-refractivity contribution in [3.63, 3.8) is 0 Å². The van der Waals surface area contributed by atoms with Crippen LogP contribution in [0.3, 0.4) is 0 Å². The minimum atomic E-state index is -3.65. The number of rotatable bonds is 6. The van der Waals surface area contributed by atoms with E-state index in [9.17, 15) is 8.42 Å². The van der Waals surface area contributed by atoms with Crippen molar-refractivity contribution in [2.45, 2.75) is 18.4 Å². The number of aromatic nitrogens is 3. The number of H-pyrrole nitrogens is 1. The number of nitrogens with one attached hydrogen (secondary N) is 2. The standard InChI is InChI=1S/C12H16ClN5O2S/c1-3-14-12-11(13)4-10(7-15-12)21(19,20)18(2)8-9-5-16-17-6-9/h4-7H,3,8H2,1-2H3,(H,14,15)(H,16,17). The molecule has 0 atom stereocenters. The number of aromatic amines is 1. The molecule has 0 saturated heterocycles. The first-order valence-corrected chi connectivity index (χ1v) is 8.10. The van der Waals surface area contributed by atoms with Gasteiger partial charge in [0.2, 0.25) is 10.0 Å². The zero-order chi connectivity index (χ0) is 15.5. The number of sulfonamides is 1. The third kappa shape index (κ3) is 3.52. The van der Waals surface area contributed by atoms with Crippen LogP contribution in [0.15, 0.2) is 29.6 Å². The number of hydrogen-bond acceptors (Lipinski definition) is 5. The van der Waals surface area contributed by atoms with Crippen LogP contribution in [0.5, 0.6) is 0 Å². The van der Waals surface area contributed by atoms with Crippen LogP contribution >= 0.6 is 11.6 Å². The van der Waals surface area contributed by atoms with Crippen molar-refractivity contribution in [3.8, 4) is 0 Å². The smallest absolute Gasteiger partial charge is 0.244 e. The molecule has 0 unspecified atom stereocenters. The van der Waals surface area contributed by atoms with Crippen molar-refractivity contribution in [1.29, 1.82) is 0 Å². The second-order valence-electron chi connectivity index (χ2n) is 4.40. The second kappa shape index (κ2) is 6.42. The molecule has 0 bridgehead atoms. The summed E-state index contributed by atoms with van der Waals surface area (Å²) in [5, 5.41) is 9.66. The summed E-state index contributed by atoms with van der Waals surface area (Å²) >= 11 is 6.04. The fraction of sp³-hybridized carbons (Fsp3) is 0.333. The molecule has 7 nitrogen and oxygen atoms in total. The van der Waals surface area contributed by atoms with Gasteiger partial charge in [-0.1, -0.05) is 11.6 Å². The van der Waals surface area contributed by atoms with Crippen LogP contribution in [0, 0.1) is 0 Å². The van der Waals surface area contributed by atoms with E-state index in [1.54, 1.807) is 12.4 Å². The quantitative estimate of drug-likeness (QED) is 0.842. The number of anilines is 1. The molecule has 9 heteroatoms. The molecule has 2 aromatic rings. The van der Waals surface area contributed by atoms with E-state index in [0.717, 1.165) is 5.56 Å². The zero-order valence-corrected chi connectivity index (χ0v) is 13.2. The van der Waals surface area contributed by atoms with E-state index in [1.807, 2.05) is 6.92 Å². The molecule has 2 heterocycles. The second-order valence-corrected chi connectivity index (χ2v) is 6.85. The lowest BCUT2D eigenvalue weighted by Crippen LogP contribution is -2.26. The highest BCUT2D eigenvalue weighted by Gasteiger charge is 2.22. The van der Waals surface area contributed by atoms with Crippen LogP contribution < -0.4 is 5.32 Å². The molecule has 0 saturated carbocycles. The maximum atomic E-state index is 12.5. The van der Waals surface area contributed by atoms with Crippen molar-refractivity contribution in [2.75, 3.05) is 18.9 Å². The Labute approximate surface area is 128 Å². The highest BCUT2D eigenvalue weighted by molar-refractivity contribution is 7.89. The summed E-state index contributed by atoms with van der Waals surface area (Å²) in [4.78, 5) is 4.10. The summed E-state index contributed by atoms with van der Waals surface area (Å²) < 4.78 is 26.1. The highest BCUT2D eigenvalue weighted by atomic mass is 35.5. The van der Waals surface area contributed by atoms with Gasteiger partial charge >= 0.3 is 0 Å². The molecule has 0 radical (unpaired) electrons. The maximum Gasteiger partial charge on any atom is 0.244 e. The van der Waals surface area contributed by atoms with E-state index in [0.29, 0.717) is 12.4 Å². The van der Waals surface area contributed by atoms with Crippen molar-refractivity contribution < 1.29 is 8.42 Å². The van der Waals surface area contributed by atoms with Crippen LogP contribution in [0.2, 0.25) is 5.02 Å². The number of pyridine rings is 1. The first-order valence-electron chi connectivity index (χ1n) is 6.28. The SMILES string of the molecule is CCNc1ncc(S(=O)(=O)N(C)Cc2cn[nH]c2)cc1Cl. The molecule has 0 aliphatic heterocycles. The molecular formula is C12H16ClN5O2S. The molecule has 0 spiro atoms. The third-order valence-electron chi connectivity index (χ3n) is 2.83. The molecule has 2 N–H and O–H groups in total. The Morgan fingerprint density at radius 1 is 1.43 bits per heavy atom. The lowest BCUT2D eigenvalue weighted by atomic mass is 10.4. The fourth-order valence-corrected chi connectivity index (χ4v) is 3.17. The van der Waals surface area contributed by atoms with Crippen molar-refractivity contribution in [3.05, 3.63) is 35.2 Å². The van der Waals surface area contributed by atoms with Crippen LogP contribution in [0.4, 0.5) is 5.82 Å². The molecule has 0 aliphatic carbocycles. The van der Waals surface area contributed by atoms with Crippen molar-refractivity contribution in [2.24, 2.45) is 0 Å². The van der Waals surface area contributed by atoms with Crippen LogP contribution in [-0.2, 0) is 16.6 Å². The van der Waals surface area contributed by atoms with Gasteiger partial charge in [-0.05, 0) is 13.0 Å². The van der Waals surface area contributed by atoms with Crippen LogP contribution in [0.1, 0.15) is 12.5 Å². The number of halogens is 1. The lowest BCUT2D eigenvalue weighted by molar-refractivity contribution is 0.466. The van der Waals surface area contributed by atoms with Gasteiger partial charge in [-0.2, -0.15) is 9.40 Å². The topological polar surface area (TPSA) is 91.0 Å². The Bertz CT molecular complexity index is 702. The number of nitrogens with zero attached hydrogens (tertiary/aromatic N) is 3. The minimum absolute atomic E-state index is 0.0557. The summed E-state index contributed by atoms with van der Waals surface area (Å²) in [5.41, 5.74) is 0.768. The zero-order valence-electron chi connectivity index (χ0n) is 11.7. The van der Waals surface area contributed by atoms with E-state index < -0.39 is 10.0 Å². The van der Waals surface area contributed by atoms with Crippen molar-refractivity contribution in [1.82, 2.24) is 19.5 Å². The summed E-state index contributed by atoms with van der Waals surface area (Å²) in [6.07, 6.45) is 4.52. The van der Waals surface area contributed by atoms with Crippen molar-refractivity contribution >= 4 is 27.4 Å². The van der Waals surface area contributed by atoms with Gasteiger partial charge in [0, 0.05) is 38.1 Å². The van der Waals surface area contributed by atoms with Gasteiger partial charge in [-0.25, -0.2) is 13.4 Å². The van der Waals surface area contributed by atoms with Crippen LogP contribution in [0.25, 0.3) is 0 Å². The van der Waals surface area contributed by atoms with E-state index in [4.69, 9.17) is 11.6 Å². The summed E-state index contributed by atoms with van der Waals surface area (Å²) in [5.74, 6) is 0.468. The Balaban J connectivity index is 2.24. The molecule has 0 aromatic carbocycles. The average molecular weight is 330 g/mol. The summed E-state index contributed by atoms with van der Waals surface area (Å²) in [6, 6.07) is 1.40.